The van der Waals surface area contributed by atoms with Crippen molar-refractivity contribution in [3.8, 4) is 0 Å². The number of Topliss-reactive ketones (excluding diaryl/α,β-unsaturated/α-hetero) is 1. The number of ketones is 1. The second kappa shape index (κ2) is 14.8. The van der Waals surface area contributed by atoms with Crippen LogP contribution in [0.3, 0.4) is 0 Å². The molecule has 1 aromatic carbocycles. The molecule has 0 bridgehead atoms. The second-order valence-corrected chi connectivity index (χ2v) is 8.53. The number of nitrogens with two attached hydrogens (primary N) is 1. The molecular weight excluding hydrogens is 524 g/mol. The van der Waals surface area contributed by atoms with E-state index >= 15 is 0 Å². The van der Waals surface area contributed by atoms with Gasteiger partial charge in [0.25, 0.3) is 11.5 Å². The van der Waals surface area contributed by atoms with Gasteiger partial charge in [0, 0.05) is 42.2 Å². The predicted molar refractivity (Wildman–Crippen MR) is 143 cm³/mol. The lowest BCUT2D eigenvalue weighted by Crippen LogP contribution is -2.41. The maximum absolute atomic E-state index is 12.6. The van der Waals surface area contributed by atoms with Crippen LogP contribution in [-0.2, 0) is 20.9 Å². The Bertz CT molecular complexity index is 1450. The molecule has 3 rings (SSSR count). The fourth-order valence-electron chi connectivity index (χ4n) is 3.54. The minimum atomic E-state index is -1.24. The number of benzene rings is 1. The molecule has 16 nitrogen and oxygen atoms in total. The van der Waals surface area contributed by atoms with Gasteiger partial charge in [-0.1, -0.05) is 5.11 Å². The predicted octanol–water partition coefficient (Wildman–Crippen LogP) is 1.55. The summed E-state index contributed by atoms with van der Waals surface area (Å²) >= 11 is 0. The van der Waals surface area contributed by atoms with Crippen molar-refractivity contribution in [1.29, 1.82) is 0 Å². The fourth-order valence-corrected chi connectivity index (χ4v) is 3.54. The molecule has 16 heteroatoms. The molecular formula is C24H28N10O6. The highest BCUT2D eigenvalue weighted by Gasteiger charge is 2.21. The van der Waals surface area contributed by atoms with Gasteiger partial charge in [0.15, 0.2) is 11.2 Å². The number of nitrogens with zero attached hydrogens (tertiary/aromatic N) is 6. The summed E-state index contributed by atoms with van der Waals surface area (Å²) < 4.78 is 5.22. The van der Waals surface area contributed by atoms with E-state index < -0.39 is 23.5 Å². The van der Waals surface area contributed by atoms with Crippen LogP contribution in [0.4, 0.5) is 11.6 Å². The number of aromatic amines is 1. The van der Waals surface area contributed by atoms with Crippen LogP contribution < -0.4 is 21.9 Å². The molecule has 0 fully saturated rings. The number of H-pyrrole nitrogens is 1. The van der Waals surface area contributed by atoms with Gasteiger partial charge in [-0.15, -0.1) is 0 Å². The van der Waals surface area contributed by atoms with Crippen LogP contribution in [-0.4, -0.2) is 68.5 Å². The maximum atomic E-state index is 12.6. The minimum absolute atomic E-state index is 0.00812. The molecule has 210 valence electrons. The van der Waals surface area contributed by atoms with E-state index in [1.54, 1.807) is 12.1 Å². The number of nitrogens with one attached hydrogen (secondary N) is 3. The Balaban J connectivity index is 1.46. The molecule has 2 aromatic heterocycles. The average Bonchev–Trinajstić information content (AvgIpc) is 2.93. The van der Waals surface area contributed by atoms with Crippen LogP contribution in [0.2, 0.25) is 0 Å². The van der Waals surface area contributed by atoms with E-state index in [2.05, 4.69) is 40.6 Å². The Labute approximate surface area is 227 Å². The number of nitrogen functional groups attached to an aromatic ring is 1. The summed E-state index contributed by atoms with van der Waals surface area (Å²) in [6.07, 6.45) is 2.07. The van der Waals surface area contributed by atoms with Crippen molar-refractivity contribution < 1.29 is 24.2 Å². The number of carbonyl (C=O) groups excluding carboxylic acids is 2. The lowest BCUT2D eigenvalue weighted by atomic mass is 10.1. The van der Waals surface area contributed by atoms with Crippen molar-refractivity contribution in [3.05, 3.63) is 62.5 Å². The zero-order chi connectivity index (χ0) is 28.9. The van der Waals surface area contributed by atoms with E-state index in [-0.39, 0.29) is 67.4 Å². The Kier molecular flexibility index (Phi) is 10.9. The number of fused-ring (bicyclic) bond motifs is 1. The molecule has 0 saturated carbocycles. The third-order valence-electron chi connectivity index (χ3n) is 5.57. The van der Waals surface area contributed by atoms with Gasteiger partial charge in [-0.2, -0.15) is 4.98 Å². The molecule has 0 spiro atoms. The molecule has 1 atom stereocenters. The number of hydrogen-bond donors (Lipinski definition) is 5. The first-order valence-corrected chi connectivity index (χ1v) is 12.3. The Morgan fingerprint density at radius 2 is 1.95 bits per heavy atom. The highest BCUT2D eigenvalue weighted by atomic mass is 16.5. The third-order valence-corrected chi connectivity index (χ3v) is 5.57. The molecule has 2 heterocycles. The van der Waals surface area contributed by atoms with Gasteiger partial charge in [0.05, 0.1) is 25.0 Å². The molecule has 0 aliphatic heterocycles. The fraction of sp³-hybridized carbons (Fsp3) is 0.375. The van der Waals surface area contributed by atoms with E-state index in [1.165, 1.54) is 18.3 Å². The van der Waals surface area contributed by atoms with Crippen LogP contribution >= 0.6 is 0 Å². The molecule has 0 aliphatic carbocycles. The van der Waals surface area contributed by atoms with Gasteiger partial charge < -0.3 is 26.2 Å². The number of hydrogen-bond acceptors (Lipinski definition) is 11. The number of amides is 1. The van der Waals surface area contributed by atoms with Crippen molar-refractivity contribution in [1.82, 2.24) is 25.3 Å². The second-order valence-electron chi connectivity index (χ2n) is 8.53. The first kappa shape index (κ1) is 29.5. The summed E-state index contributed by atoms with van der Waals surface area (Å²) in [7, 11) is 0. The van der Waals surface area contributed by atoms with Gasteiger partial charge in [0.1, 0.15) is 11.8 Å². The summed E-state index contributed by atoms with van der Waals surface area (Å²) in [5.74, 6) is -2.03. The molecule has 6 N–H and O–H groups in total. The van der Waals surface area contributed by atoms with Gasteiger partial charge in [-0.25, -0.2) is 14.8 Å². The van der Waals surface area contributed by atoms with Crippen molar-refractivity contribution in [2.24, 2.45) is 5.11 Å². The molecule has 0 unspecified atom stereocenters. The number of azide groups is 1. The zero-order valence-corrected chi connectivity index (χ0v) is 21.4. The normalized spacial score (nSPS) is 11.4. The highest BCUT2D eigenvalue weighted by Crippen LogP contribution is 2.12. The number of rotatable bonds is 16. The summed E-state index contributed by atoms with van der Waals surface area (Å²) in [5.41, 5.74) is 14.7. The van der Waals surface area contributed by atoms with E-state index in [0.29, 0.717) is 24.4 Å². The summed E-state index contributed by atoms with van der Waals surface area (Å²) in [4.78, 5) is 65.5. The molecule has 1 amide bonds. The van der Waals surface area contributed by atoms with Crippen molar-refractivity contribution in [3.63, 3.8) is 0 Å². The summed E-state index contributed by atoms with van der Waals surface area (Å²) in [5, 5.41) is 18.4. The SMILES string of the molecule is [N-]=[N+]=NCCOCCCC(=O)CC[C@H](NC(=O)c1ccc(NCc2cnc3nc(N)[nH]c(=O)c3n2)cc1)C(=O)O. The third kappa shape index (κ3) is 9.04. The molecule has 0 aliphatic rings. The largest absolute Gasteiger partial charge is 0.480 e. The summed E-state index contributed by atoms with van der Waals surface area (Å²) in [6, 6.07) is 5.08. The van der Waals surface area contributed by atoms with Crippen LogP contribution in [0.15, 0.2) is 40.4 Å². The average molecular weight is 553 g/mol. The van der Waals surface area contributed by atoms with Crippen LogP contribution in [0.1, 0.15) is 41.7 Å². The monoisotopic (exact) mass is 552 g/mol. The minimum Gasteiger partial charge on any atom is -0.480 e. The molecule has 0 radical (unpaired) electrons. The van der Waals surface area contributed by atoms with Gasteiger partial charge in [0.2, 0.25) is 5.95 Å². The van der Waals surface area contributed by atoms with Crippen molar-refractivity contribution >= 4 is 40.5 Å². The Hall–Kier alpha value is -5.08. The number of carboxylic acid groups (broad SMARTS) is 1. The number of carboxylic acids is 1. The van der Waals surface area contributed by atoms with E-state index in [4.69, 9.17) is 16.0 Å². The number of carbonyl (C=O) groups is 3. The first-order chi connectivity index (χ1) is 19.3. The van der Waals surface area contributed by atoms with Gasteiger partial charge in [-0.05, 0) is 42.6 Å². The summed E-state index contributed by atoms with van der Waals surface area (Å²) in [6.45, 7) is 1.02. The first-order valence-electron chi connectivity index (χ1n) is 12.3. The standard InChI is InChI=1S/C24H28N10O6/c25-24-32-20-19(22(37)33-24)30-16(13-28-20)12-27-15-5-3-14(4-6-15)21(36)31-18(23(38)39)8-7-17(35)2-1-10-40-11-9-29-34-26/h3-6,13,18,27H,1-2,7-12H2,(H,31,36)(H,38,39)(H3,25,28,32,33,37)/t18-/m0/s1. The topological polar surface area (TPSA) is 251 Å². The molecule has 40 heavy (non-hydrogen) atoms. The van der Waals surface area contributed by atoms with Gasteiger partial charge in [-0.3, -0.25) is 19.4 Å². The van der Waals surface area contributed by atoms with Gasteiger partial charge >= 0.3 is 5.97 Å². The van der Waals surface area contributed by atoms with Crippen LogP contribution in [0.5, 0.6) is 0 Å². The van der Waals surface area contributed by atoms with Crippen LogP contribution in [0.25, 0.3) is 21.6 Å². The number of ether oxygens (including phenoxy) is 1. The quantitative estimate of drug-likeness (QED) is 0.0737. The Morgan fingerprint density at radius 3 is 2.67 bits per heavy atom. The smallest absolute Gasteiger partial charge is 0.326 e. The highest BCUT2D eigenvalue weighted by molar-refractivity contribution is 5.97. The van der Waals surface area contributed by atoms with Crippen molar-refractivity contribution in [2.75, 3.05) is 30.8 Å². The lowest BCUT2D eigenvalue weighted by molar-refractivity contribution is -0.139. The lowest BCUT2D eigenvalue weighted by Gasteiger charge is -2.14. The number of anilines is 2. The van der Waals surface area contributed by atoms with Crippen LogP contribution in [0, 0.1) is 0 Å². The zero-order valence-electron chi connectivity index (χ0n) is 21.4. The molecule has 0 saturated heterocycles. The van der Waals surface area contributed by atoms with E-state index in [1.807, 2.05) is 0 Å². The maximum Gasteiger partial charge on any atom is 0.326 e. The Morgan fingerprint density at radius 1 is 1.18 bits per heavy atom. The van der Waals surface area contributed by atoms with E-state index in [9.17, 15) is 24.3 Å². The van der Waals surface area contributed by atoms with E-state index in [0.717, 1.165) is 0 Å². The van der Waals surface area contributed by atoms with Crippen molar-refractivity contribution in [2.45, 2.75) is 38.3 Å². The number of aliphatic carboxylic acids is 1. The molecule has 3 aromatic rings. The number of aromatic nitrogens is 4.